The monoisotopic (exact) mass is 594 g/mol. The molecular formula is C39H30O2S2. The molecule has 5 aromatic rings. The summed E-state index contributed by atoms with van der Waals surface area (Å²) in [5.41, 5.74) is 11.3. The van der Waals surface area contributed by atoms with Gasteiger partial charge in [0, 0.05) is 14.7 Å². The third-order valence-electron chi connectivity index (χ3n) is 9.15. The molecule has 0 saturated carbocycles. The van der Waals surface area contributed by atoms with E-state index in [9.17, 15) is 8.42 Å². The second-order valence-corrected chi connectivity index (χ2v) is 14.9. The largest absolute Gasteiger partial charge is 0.254 e. The number of hydrogen-bond acceptors (Lipinski definition) is 2. The molecule has 0 aromatic heterocycles. The second-order valence-electron chi connectivity index (χ2n) is 11.7. The van der Waals surface area contributed by atoms with Crippen LogP contribution in [0.25, 0.3) is 22.3 Å². The normalized spacial score (nSPS) is 20.4. The number of aryl methyl sites for hydroxylation is 2. The first-order valence-electron chi connectivity index (χ1n) is 14.7. The second kappa shape index (κ2) is 9.97. The molecule has 0 bridgehead atoms. The zero-order chi connectivity index (χ0) is 29.3. The molecule has 0 amide bonds. The molecule has 0 radical (unpaired) electrons. The van der Waals surface area contributed by atoms with Gasteiger partial charge < -0.3 is 0 Å². The summed E-state index contributed by atoms with van der Waals surface area (Å²) in [6.07, 6.45) is 8.95. The molecule has 0 fully saturated rings. The van der Waals surface area contributed by atoms with Gasteiger partial charge in [-0.05, 0) is 101 Å². The zero-order valence-corrected chi connectivity index (χ0v) is 25.7. The Morgan fingerprint density at radius 2 is 1.12 bits per heavy atom. The van der Waals surface area contributed by atoms with Gasteiger partial charge in [0.05, 0.1) is 32.3 Å². The van der Waals surface area contributed by atoms with Crippen LogP contribution in [0.15, 0.2) is 142 Å². The minimum Gasteiger partial charge on any atom is -0.254 e. The van der Waals surface area contributed by atoms with Gasteiger partial charge >= 0.3 is 0 Å². The SMILES string of the molecule is Cc1ccc2c(c1)C1(c3cc(C)ccc3-c3ccc(S(=O)C4C=CC=CC4)cc31)c1cc(S(=O)c3ccccc3)ccc1-2. The van der Waals surface area contributed by atoms with Crippen LogP contribution in [-0.2, 0) is 27.0 Å². The van der Waals surface area contributed by atoms with E-state index in [-0.39, 0.29) is 5.25 Å². The van der Waals surface area contributed by atoms with E-state index in [1.165, 1.54) is 38.9 Å². The summed E-state index contributed by atoms with van der Waals surface area (Å²) in [6, 6.07) is 35.9. The van der Waals surface area contributed by atoms with Crippen LogP contribution in [0.4, 0.5) is 0 Å². The Balaban J connectivity index is 1.43. The van der Waals surface area contributed by atoms with Crippen molar-refractivity contribution in [3.8, 4) is 22.3 Å². The molecule has 1 spiro atoms. The summed E-state index contributed by atoms with van der Waals surface area (Å²) in [4.78, 5) is 2.42. The van der Waals surface area contributed by atoms with Crippen LogP contribution in [0.5, 0.6) is 0 Å². The number of allylic oxidation sites excluding steroid dienone is 3. The van der Waals surface area contributed by atoms with Crippen molar-refractivity contribution in [3.63, 3.8) is 0 Å². The molecule has 4 heteroatoms. The van der Waals surface area contributed by atoms with Gasteiger partial charge in [0.25, 0.3) is 0 Å². The lowest BCUT2D eigenvalue weighted by atomic mass is 9.70. The quantitative estimate of drug-likeness (QED) is 0.204. The summed E-state index contributed by atoms with van der Waals surface area (Å²) in [6.45, 7) is 4.29. The molecule has 3 aliphatic carbocycles. The molecule has 0 saturated heterocycles. The van der Waals surface area contributed by atoms with Crippen molar-refractivity contribution in [2.75, 3.05) is 0 Å². The molecule has 5 aromatic carbocycles. The fourth-order valence-corrected chi connectivity index (χ4v) is 9.62. The van der Waals surface area contributed by atoms with Gasteiger partial charge in [-0.3, -0.25) is 4.21 Å². The molecule has 0 aliphatic heterocycles. The maximum absolute atomic E-state index is 14.0. The molecule has 3 aliphatic rings. The molecule has 2 nitrogen and oxygen atoms in total. The fraction of sp³-hybridized carbons (Fsp3) is 0.128. The highest BCUT2D eigenvalue weighted by Crippen LogP contribution is 2.63. The summed E-state index contributed by atoms with van der Waals surface area (Å²) in [5, 5.41) is -0.0460. The van der Waals surface area contributed by atoms with Gasteiger partial charge in [0.15, 0.2) is 0 Å². The van der Waals surface area contributed by atoms with Crippen LogP contribution < -0.4 is 0 Å². The van der Waals surface area contributed by atoms with Gasteiger partial charge in [0.1, 0.15) is 0 Å². The first-order chi connectivity index (χ1) is 21.0. The number of fused-ring (bicyclic) bond motifs is 10. The molecule has 0 N–H and O–H groups in total. The summed E-state index contributed by atoms with van der Waals surface area (Å²) >= 11 is 0. The molecule has 210 valence electrons. The van der Waals surface area contributed by atoms with Crippen LogP contribution in [0.1, 0.15) is 39.8 Å². The number of hydrogen-bond donors (Lipinski definition) is 0. The van der Waals surface area contributed by atoms with Crippen molar-refractivity contribution in [2.24, 2.45) is 0 Å². The maximum Gasteiger partial charge on any atom is 0.0849 e. The highest BCUT2D eigenvalue weighted by molar-refractivity contribution is 7.86. The molecule has 4 atom stereocenters. The van der Waals surface area contributed by atoms with E-state index in [1.54, 1.807) is 0 Å². The third-order valence-corrected chi connectivity index (χ3v) is 12.1. The van der Waals surface area contributed by atoms with Crippen LogP contribution in [0, 0.1) is 13.8 Å². The van der Waals surface area contributed by atoms with Crippen molar-refractivity contribution >= 4 is 21.6 Å². The standard InChI is InChI=1S/C39H30O2S2/c1-25-13-17-31-33-19-15-29(42(40)27-9-5-3-6-10-27)23-37(33)39(35(31)21-25)36-22-26(2)14-18-32(36)34-20-16-30(24-38(34)39)43(41)28-11-7-4-8-12-28/h3-11,13-24,28H,12H2,1-2H3. The van der Waals surface area contributed by atoms with Crippen LogP contribution in [-0.4, -0.2) is 13.7 Å². The Morgan fingerprint density at radius 1 is 0.581 bits per heavy atom. The lowest BCUT2D eigenvalue weighted by molar-refractivity contribution is 0.676. The summed E-state index contributed by atoms with van der Waals surface area (Å²) in [7, 11) is -2.52. The Kier molecular flexibility index (Phi) is 6.15. The molecular weight excluding hydrogens is 565 g/mol. The lowest BCUT2D eigenvalue weighted by Crippen LogP contribution is -2.26. The van der Waals surface area contributed by atoms with Crippen molar-refractivity contribution in [3.05, 3.63) is 161 Å². The van der Waals surface area contributed by atoms with Crippen molar-refractivity contribution in [1.29, 1.82) is 0 Å². The van der Waals surface area contributed by atoms with E-state index in [0.717, 1.165) is 37.8 Å². The average molecular weight is 595 g/mol. The third kappa shape index (κ3) is 3.90. The van der Waals surface area contributed by atoms with Crippen molar-refractivity contribution < 1.29 is 8.42 Å². The van der Waals surface area contributed by atoms with E-state index in [1.807, 2.05) is 48.6 Å². The predicted octanol–water partition coefficient (Wildman–Crippen LogP) is 8.81. The lowest BCUT2D eigenvalue weighted by Gasteiger charge is -2.31. The zero-order valence-electron chi connectivity index (χ0n) is 24.0. The summed E-state index contributed by atoms with van der Waals surface area (Å²) < 4.78 is 27.9. The van der Waals surface area contributed by atoms with Crippen LogP contribution in [0.3, 0.4) is 0 Å². The Morgan fingerprint density at radius 3 is 1.70 bits per heavy atom. The van der Waals surface area contributed by atoms with E-state index >= 15 is 0 Å². The smallest absolute Gasteiger partial charge is 0.0849 e. The highest BCUT2D eigenvalue weighted by Gasteiger charge is 2.52. The molecule has 43 heavy (non-hydrogen) atoms. The Hall–Kier alpha value is -4.12. The number of benzene rings is 5. The first-order valence-corrected chi connectivity index (χ1v) is 17.1. The predicted molar refractivity (Wildman–Crippen MR) is 176 cm³/mol. The van der Waals surface area contributed by atoms with E-state index in [4.69, 9.17) is 0 Å². The van der Waals surface area contributed by atoms with Gasteiger partial charge in [-0.25, -0.2) is 4.21 Å². The molecule has 4 unspecified atom stereocenters. The Labute approximate surface area is 257 Å². The summed E-state index contributed by atoms with van der Waals surface area (Å²) in [5.74, 6) is 0. The van der Waals surface area contributed by atoms with Gasteiger partial charge in [-0.1, -0.05) is 102 Å². The van der Waals surface area contributed by atoms with E-state index in [0.29, 0.717) is 0 Å². The minimum atomic E-state index is -1.32. The van der Waals surface area contributed by atoms with Crippen LogP contribution >= 0.6 is 0 Å². The van der Waals surface area contributed by atoms with Gasteiger partial charge in [-0.2, -0.15) is 0 Å². The van der Waals surface area contributed by atoms with Gasteiger partial charge in [0.2, 0.25) is 0 Å². The Bertz CT molecular complexity index is 2060. The molecule has 0 heterocycles. The highest BCUT2D eigenvalue weighted by atomic mass is 32.2. The van der Waals surface area contributed by atoms with Crippen LogP contribution in [0.2, 0.25) is 0 Å². The average Bonchev–Trinajstić information content (AvgIpc) is 3.50. The number of rotatable bonds is 4. The van der Waals surface area contributed by atoms with Crippen molar-refractivity contribution in [1.82, 2.24) is 0 Å². The van der Waals surface area contributed by atoms with Gasteiger partial charge in [-0.15, -0.1) is 0 Å². The van der Waals surface area contributed by atoms with Crippen molar-refractivity contribution in [2.45, 2.75) is 45.6 Å². The molecule has 8 rings (SSSR count). The topological polar surface area (TPSA) is 34.1 Å². The fourth-order valence-electron chi connectivity index (χ4n) is 7.23. The minimum absolute atomic E-state index is 0.0460. The van der Waals surface area contributed by atoms with E-state index < -0.39 is 27.0 Å². The first kappa shape index (κ1) is 26.5. The maximum atomic E-state index is 14.0. The van der Waals surface area contributed by atoms with E-state index in [2.05, 4.69) is 92.7 Å².